The van der Waals surface area contributed by atoms with E-state index in [1.54, 1.807) is 0 Å². The third-order valence-corrected chi connectivity index (χ3v) is 3.66. The molecule has 3 unspecified atom stereocenters. The van der Waals surface area contributed by atoms with Gasteiger partial charge in [-0.15, -0.1) is 0 Å². The van der Waals surface area contributed by atoms with Gasteiger partial charge in [0.1, 0.15) is 0 Å². The lowest BCUT2D eigenvalue weighted by atomic mass is 10.0. The van der Waals surface area contributed by atoms with Crippen molar-refractivity contribution in [2.45, 2.75) is 65.0 Å². The Morgan fingerprint density at radius 3 is 2.67 bits per heavy atom. The van der Waals surface area contributed by atoms with E-state index in [-0.39, 0.29) is 6.10 Å². The number of nitrogens with one attached hydrogen (secondary N) is 1. The van der Waals surface area contributed by atoms with Crippen LogP contribution < -0.4 is 5.32 Å². The van der Waals surface area contributed by atoms with Gasteiger partial charge in [-0.1, -0.05) is 33.6 Å². The van der Waals surface area contributed by atoms with Crippen LogP contribution in [0, 0.1) is 11.8 Å². The summed E-state index contributed by atoms with van der Waals surface area (Å²) < 4.78 is 5.45. The van der Waals surface area contributed by atoms with Crippen LogP contribution in [0.3, 0.4) is 0 Å². The molecule has 108 valence electrons. The smallest absolute Gasteiger partial charge is 0.0897 e. The molecular formula is C15H31NO2. The largest absolute Gasteiger partial charge is 0.389 e. The highest BCUT2D eigenvalue weighted by Gasteiger charge is 2.16. The summed E-state index contributed by atoms with van der Waals surface area (Å²) in [5.41, 5.74) is 0. The molecule has 0 amide bonds. The normalized spacial score (nSPS) is 27.2. The third-order valence-electron chi connectivity index (χ3n) is 3.66. The number of ether oxygens (including phenoxy) is 1. The Morgan fingerprint density at radius 1 is 1.17 bits per heavy atom. The van der Waals surface area contributed by atoms with E-state index in [4.69, 9.17) is 4.74 Å². The molecule has 0 spiro atoms. The molecule has 0 aromatic carbocycles. The fourth-order valence-electron chi connectivity index (χ4n) is 2.49. The number of hydrogen-bond acceptors (Lipinski definition) is 3. The molecule has 0 bridgehead atoms. The van der Waals surface area contributed by atoms with Crippen molar-refractivity contribution in [1.29, 1.82) is 0 Å². The second kappa shape index (κ2) is 8.89. The van der Waals surface area contributed by atoms with E-state index in [1.165, 1.54) is 32.1 Å². The number of aliphatic hydroxyl groups is 1. The Hall–Kier alpha value is -0.120. The monoisotopic (exact) mass is 257 g/mol. The molecule has 1 saturated carbocycles. The number of hydrogen-bond donors (Lipinski definition) is 2. The summed E-state index contributed by atoms with van der Waals surface area (Å²) in [5, 5.41) is 13.3. The highest BCUT2D eigenvalue weighted by molar-refractivity contribution is 4.74. The molecule has 3 heteroatoms. The third kappa shape index (κ3) is 7.34. The summed E-state index contributed by atoms with van der Waals surface area (Å²) in [5.74, 6) is 1.41. The van der Waals surface area contributed by atoms with Crippen molar-refractivity contribution in [2.75, 3.05) is 19.8 Å². The minimum Gasteiger partial charge on any atom is -0.389 e. The first kappa shape index (κ1) is 15.9. The Labute approximate surface area is 112 Å². The molecule has 0 aromatic rings. The van der Waals surface area contributed by atoms with E-state index < -0.39 is 0 Å². The van der Waals surface area contributed by atoms with E-state index in [2.05, 4.69) is 26.1 Å². The van der Waals surface area contributed by atoms with Crippen LogP contribution in [0.15, 0.2) is 0 Å². The molecule has 1 fully saturated rings. The van der Waals surface area contributed by atoms with E-state index >= 15 is 0 Å². The molecule has 1 aliphatic rings. The van der Waals surface area contributed by atoms with Crippen LogP contribution in [0.25, 0.3) is 0 Å². The average Bonchev–Trinajstić information content (AvgIpc) is 2.51. The van der Waals surface area contributed by atoms with Gasteiger partial charge in [0, 0.05) is 19.2 Å². The molecule has 0 aromatic heterocycles. The first-order valence-electron chi connectivity index (χ1n) is 7.57. The summed E-state index contributed by atoms with van der Waals surface area (Å²) in [7, 11) is 0. The minimum absolute atomic E-state index is 0.371. The summed E-state index contributed by atoms with van der Waals surface area (Å²) in [6.45, 7) is 8.44. The molecule has 0 saturated heterocycles. The van der Waals surface area contributed by atoms with E-state index in [1.807, 2.05) is 0 Å². The lowest BCUT2D eigenvalue weighted by molar-refractivity contribution is 0.0247. The predicted octanol–water partition coefficient (Wildman–Crippen LogP) is 2.58. The second-order valence-corrected chi connectivity index (χ2v) is 6.30. The maximum absolute atomic E-state index is 9.83. The zero-order valence-corrected chi connectivity index (χ0v) is 12.3. The molecule has 18 heavy (non-hydrogen) atoms. The minimum atomic E-state index is -0.371. The molecule has 0 heterocycles. The van der Waals surface area contributed by atoms with Gasteiger partial charge in [-0.2, -0.15) is 0 Å². The molecule has 0 aliphatic heterocycles. The first-order valence-corrected chi connectivity index (χ1v) is 7.57. The van der Waals surface area contributed by atoms with Gasteiger partial charge in [0.05, 0.1) is 12.7 Å². The molecular weight excluding hydrogens is 226 g/mol. The highest BCUT2D eigenvalue weighted by Crippen LogP contribution is 2.22. The van der Waals surface area contributed by atoms with Gasteiger partial charge in [0.2, 0.25) is 0 Å². The zero-order valence-electron chi connectivity index (χ0n) is 12.3. The lowest BCUT2D eigenvalue weighted by Gasteiger charge is -2.19. The number of aliphatic hydroxyl groups excluding tert-OH is 1. The van der Waals surface area contributed by atoms with Crippen molar-refractivity contribution < 1.29 is 9.84 Å². The zero-order chi connectivity index (χ0) is 13.4. The quantitative estimate of drug-likeness (QED) is 0.689. The predicted molar refractivity (Wildman–Crippen MR) is 75.7 cm³/mol. The van der Waals surface area contributed by atoms with Crippen LogP contribution in [0.2, 0.25) is 0 Å². The van der Waals surface area contributed by atoms with Gasteiger partial charge in [-0.25, -0.2) is 0 Å². The van der Waals surface area contributed by atoms with Crippen LogP contribution in [-0.2, 0) is 4.74 Å². The van der Waals surface area contributed by atoms with Gasteiger partial charge in [0.15, 0.2) is 0 Å². The maximum Gasteiger partial charge on any atom is 0.0897 e. The fourth-order valence-corrected chi connectivity index (χ4v) is 2.49. The average molecular weight is 257 g/mol. The van der Waals surface area contributed by atoms with E-state index in [0.717, 1.165) is 12.5 Å². The molecule has 3 atom stereocenters. The van der Waals surface area contributed by atoms with E-state index in [0.29, 0.717) is 25.1 Å². The van der Waals surface area contributed by atoms with Gasteiger partial charge < -0.3 is 15.2 Å². The van der Waals surface area contributed by atoms with Crippen molar-refractivity contribution in [3.63, 3.8) is 0 Å². The van der Waals surface area contributed by atoms with E-state index in [9.17, 15) is 5.11 Å². The topological polar surface area (TPSA) is 41.5 Å². The van der Waals surface area contributed by atoms with Crippen molar-refractivity contribution in [3.05, 3.63) is 0 Å². The first-order chi connectivity index (χ1) is 8.58. The van der Waals surface area contributed by atoms with Gasteiger partial charge in [-0.05, 0) is 31.1 Å². The van der Waals surface area contributed by atoms with Gasteiger partial charge in [0.25, 0.3) is 0 Å². The van der Waals surface area contributed by atoms with Crippen LogP contribution in [0.5, 0.6) is 0 Å². The maximum atomic E-state index is 9.83. The Balaban J connectivity index is 2.08. The van der Waals surface area contributed by atoms with Gasteiger partial charge >= 0.3 is 0 Å². The summed E-state index contributed by atoms with van der Waals surface area (Å²) in [6, 6.07) is 0.592. The molecule has 2 N–H and O–H groups in total. The molecule has 0 radical (unpaired) electrons. The summed E-state index contributed by atoms with van der Waals surface area (Å²) in [6.07, 6.45) is 6.13. The van der Waals surface area contributed by atoms with Gasteiger partial charge in [-0.3, -0.25) is 0 Å². The Morgan fingerprint density at radius 2 is 1.94 bits per heavy atom. The van der Waals surface area contributed by atoms with Crippen LogP contribution in [0.4, 0.5) is 0 Å². The van der Waals surface area contributed by atoms with Crippen molar-refractivity contribution in [2.24, 2.45) is 11.8 Å². The Kier molecular flexibility index (Phi) is 7.87. The number of rotatable bonds is 7. The van der Waals surface area contributed by atoms with Crippen molar-refractivity contribution in [1.82, 2.24) is 5.32 Å². The summed E-state index contributed by atoms with van der Waals surface area (Å²) in [4.78, 5) is 0. The molecule has 3 nitrogen and oxygen atoms in total. The highest BCUT2D eigenvalue weighted by atomic mass is 16.5. The van der Waals surface area contributed by atoms with Crippen molar-refractivity contribution in [3.8, 4) is 0 Å². The second-order valence-electron chi connectivity index (χ2n) is 6.30. The van der Waals surface area contributed by atoms with Crippen LogP contribution >= 0.6 is 0 Å². The molecule has 1 rings (SSSR count). The van der Waals surface area contributed by atoms with Crippen LogP contribution in [-0.4, -0.2) is 37.0 Å². The van der Waals surface area contributed by atoms with Crippen LogP contribution in [0.1, 0.15) is 52.9 Å². The van der Waals surface area contributed by atoms with Crippen molar-refractivity contribution >= 4 is 0 Å². The lowest BCUT2D eigenvalue weighted by Crippen LogP contribution is -2.37. The standard InChI is InChI=1S/C15H31NO2/c1-12(2)10-18-11-15(17)9-16-14-6-4-5-13(3)7-8-14/h12-17H,4-11H2,1-3H3. The molecule has 1 aliphatic carbocycles. The fraction of sp³-hybridized carbons (Fsp3) is 1.00. The Bertz CT molecular complexity index is 209. The SMILES string of the molecule is CC(C)COCC(O)CNC1CCCC(C)CC1. The summed E-state index contributed by atoms with van der Waals surface area (Å²) >= 11 is 0.